The summed E-state index contributed by atoms with van der Waals surface area (Å²) in [5, 5.41) is 3.43. The second-order valence-corrected chi connectivity index (χ2v) is 9.28. The number of amides is 3. The number of likely N-dealkylation sites (N-methyl/N-ethyl adjacent to an activating group) is 1. The Morgan fingerprint density at radius 2 is 2.00 bits per heavy atom. The summed E-state index contributed by atoms with van der Waals surface area (Å²) >= 11 is 6.19. The molecule has 8 nitrogen and oxygen atoms in total. The Morgan fingerprint density at radius 3 is 2.61 bits per heavy atom. The van der Waals surface area contributed by atoms with E-state index < -0.39 is 12.0 Å². The molecule has 2 aliphatic heterocycles. The van der Waals surface area contributed by atoms with Gasteiger partial charge in [-0.3, -0.25) is 14.6 Å². The molecule has 2 atom stereocenters. The Balaban J connectivity index is 1.94. The topological polar surface area (TPSA) is 82.2 Å². The summed E-state index contributed by atoms with van der Waals surface area (Å²) in [6.45, 7) is 10.1. The number of ether oxygens (including phenoxy) is 1. The number of urea groups is 1. The second-order valence-electron chi connectivity index (χ2n) is 8.85. The van der Waals surface area contributed by atoms with Crippen LogP contribution in [-0.4, -0.2) is 78.5 Å². The Bertz CT molecular complexity index is 948. The van der Waals surface area contributed by atoms with Gasteiger partial charge in [0.25, 0.3) is 0 Å². The highest BCUT2D eigenvalue weighted by atomic mass is 35.5. The van der Waals surface area contributed by atoms with E-state index in [1.807, 2.05) is 31.7 Å². The van der Waals surface area contributed by atoms with Gasteiger partial charge in [-0.25, -0.2) is 9.59 Å². The van der Waals surface area contributed by atoms with Crippen LogP contribution in [0.15, 0.2) is 35.5 Å². The highest BCUT2D eigenvalue weighted by Gasteiger charge is 2.38. The number of rotatable bonds is 6. The number of hydrogen-bond acceptors (Lipinski definition) is 5. The molecule has 33 heavy (non-hydrogen) atoms. The van der Waals surface area contributed by atoms with Gasteiger partial charge < -0.3 is 15.0 Å². The van der Waals surface area contributed by atoms with E-state index in [-0.39, 0.29) is 30.5 Å². The number of halogens is 1. The lowest BCUT2D eigenvalue weighted by atomic mass is 9.94. The molecule has 2 heterocycles. The maximum absolute atomic E-state index is 13.1. The van der Waals surface area contributed by atoms with Crippen molar-refractivity contribution in [1.29, 1.82) is 0 Å². The lowest BCUT2D eigenvalue weighted by molar-refractivity contribution is -0.139. The van der Waals surface area contributed by atoms with Crippen molar-refractivity contribution in [3.05, 3.63) is 46.1 Å². The summed E-state index contributed by atoms with van der Waals surface area (Å²) in [4.78, 5) is 44.0. The van der Waals surface area contributed by atoms with Gasteiger partial charge in [0.1, 0.15) is 0 Å². The van der Waals surface area contributed by atoms with Gasteiger partial charge in [0.2, 0.25) is 5.91 Å². The van der Waals surface area contributed by atoms with E-state index in [9.17, 15) is 14.4 Å². The minimum atomic E-state index is -0.664. The molecule has 1 aromatic rings. The van der Waals surface area contributed by atoms with E-state index in [2.05, 4.69) is 10.2 Å². The highest BCUT2D eigenvalue weighted by Crippen LogP contribution is 2.32. The molecule has 2 aliphatic rings. The van der Waals surface area contributed by atoms with Gasteiger partial charge in [-0.15, -0.1) is 0 Å². The van der Waals surface area contributed by atoms with Gasteiger partial charge in [0.05, 0.1) is 18.2 Å². The fraction of sp³-hybridized carbons (Fsp3) is 0.542. The number of hydrogen-bond donors (Lipinski definition) is 1. The number of piperazine rings is 1. The molecule has 1 fully saturated rings. The summed E-state index contributed by atoms with van der Waals surface area (Å²) < 4.78 is 5.38. The highest BCUT2D eigenvalue weighted by molar-refractivity contribution is 6.30. The molecular formula is C24H33ClN4O4. The van der Waals surface area contributed by atoms with Crippen LogP contribution in [0.1, 0.15) is 39.3 Å². The van der Waals surface area contributed by atoms with Crippen molar-refractivity contribution < 1.29 is 19.1 Å². The molecular weight excluding hydrogens is 444 g/mol. The molecule has 1 N–H and O–H groups in total. The van der Waals surface area contributed by atoms with Crippen LogP contribution in [0.3, 0.4) is 0 Å². The monoisotopic (exact) mass is 476 g/mol. The average molecular weight is 477 g/mol. The summed E-state index contributed by atoms with van der Waals surface area (Å²) in [6, 6.07) is 6.18. The lowest BCUT2D eigenvalue weighted by Crippen LogP contribution is -2.56. The zero-order valence-electron chi connectivity index (χ0n) is 19.9. The van der Waals surface area contributed by atoms with Crippen molar-refractivity contribution in [2.75, 3.05) is 39.8 Å². The van der Waals surface area contributed by atoms with E-state index in [4.69, 9.17) is 16.3 Å². The first-order valence-electron chi connectivity index (χ1n) is 11.4. The first kappa shape index (κ1) is 25.1. The van der Waals surface area contributed by atoms with E-state index in [1.54, 1.807) is 32.2 Å². The zero-order chi connectivity index (χ0) is 24.3. The Labute approximate surface area is 200 Å². The van der Waals surface area contributed by atoms with Crippen molar-refractivity contribution in [3.63, 3.8) is 0 Å². The van der Waals surface area contributed by atoms with Gasteiger partial charge in [0.15, 0.2) is 0 Å². The van der Waals surface area contributed by atoms with Crippen molar-refractivity contribution in [2.24, 2.45) is 5.92 Å². The smallest absolute Gasteiger partial charge is 0.338 e. The predicted molar refractivity (Wildman–Crippen MR) is 127 cm³/mol. The average Bonchev–Trinajstić information content (AvgIpc) is 2.76. The Kier molecular flexibility index (Phi) is 8.02. The minimum absolute atomic E-state index is 0.0340. The van der Waals surface area contributed by atoms with E-state index in [0.717, 1.165) is 0 Å². The second kappa shape index (κ2) is 10.6. The zero-order valence-corrected chi connectivity index (χ0v) is 20.7. The molecule has 0 aromatic heterocycles. The summed E-state index contributed by atoms with van der Waals surface area (Å²) in [6.07, 6.45) is 0. The number of benzene rings is 1. The fourth-order valence-electron chi connectivity index (χ4n) is 4.38. The largest absolute Gasteiger partial charge is 0.463 e. The fourth-order valence-corrected chi connectivity index (χ4v) is 4.58. The van der Waals surface area contributed by atoms with E-state index in [1.165, 1.54) is 4.90 Å². The standard InChI is InChI=1S/C24H33ClN4O4/c1-6-33-23(31)20-19(14-28-10-11-29(16(4)13-28)22(30)15(2)3)27(5)24(32)26-21(20)17-8-7-9-18(25)12-17/h7-9,12,15-16,21H,6,10-11,13-14H2,1-5H3,(H,26,32). The lowest BCUT2D eigenvalue weighted by Gasteiger charge is -2.42. The molecule has 180 valence electrons. The van der Waals surface area contributed by atoms with Crippen LogP contribution < -0.4 is 5.32 Å². The van der Waals surface area contributed by atoms with Crippen LogP contribution in [0.25, 0.3) is 0 Å². The number of esters is 1. The van der Waals surface area contributed by atoms with Gasteiger partial charge in [-0.05, 0) is 31.5 Å². The molecule has 9 heteroatoms. The molecule has 3 amide bonds. The third-order valence-electron chi connectivity index (χ3n) is 6.12. The summed E-state index contributed by atoms with van der Waals surface area (Å²) in [7, 11) is 1.65. The van der Waals surface area contributed by atoms with Gasteiger partial charge >= 0.3 is 12.0 Å². The van der Waals surface area contributed by atoms with Crippen LogP contribution in [0.5, 0.6) is 0 Å². The van der Waals surface area contributed by atoms with Gasteiger partial charge in [-0.2, -0.15) is 0 Å². The number of carbonyl (C=O) groups is 3. The van der Waals surface area contributed by atoms with Crippen molar-refractivity contribution >= 4 is 29.5 Å². The first-order valence-corrected chi connectivity index (χ1v) is 11.7. The minimum Gasteiger partial charge on any atom is -0.463 e. The van der Waals surface area contributed by atoms with Crippen LogP contribution in [-0.2, 0) is 14.3 Å². The van der Waals surface area contributed by atoms with E-state index in [0.29, 0.717) is 48.0 Å². The molecule has 0 bridgehead atoms. The van der Waals surface area contributed by atoms with Crippen LogP contribution in [0.4, 0.5) is 4.79 Å². The number of nitrogens with zero attached hydrogens (tertiary/aromatic N) is 3. The third kappa shape index (κ3) is 5.50. The van der Waals surface area contributed by atoms with Crippen LogP contribution in [0.2, 0.25) is 5.02 Å². The number of nitrogens with one attached hydrogen (secondary N) is 1. The molecule has 0 aliphatic carbocycles. The van der Waals surface area contributed by atoms with Crippen molar-refractivity contribution in [2.45, 2.75) is 39.8 Å². The van der Waals surface area contributed by atoms with Crippen molar-refractivity contribution in [1.82, 2.24) is 20.0 Å². The van der Waals surface area contributed by atoms with Crippen LogP contribution >= 0.6 is 11.6 Å². The maximum atomic E-state index is 13.1. The van der Waals surface area contributed by atoms with Crippen LogP contribution in [0, 0.1) is 5.92 Å². The van der Waals surface area contributed by atoms with Gasteiger partial charge in [-0.1, -0.05) is 37.6 Å². The SMILES string of the molecule is CCOC(=O)C1=C(CN2CCN(C(=O)C(C)C)C(C)C2)N(C)C(=O)NC1c1cccc(Cl)c1. The van der Waals surface area contributed by atoms with Crippen molar-refractivity contribution in [3.8, 4) is 0 Å². The molecule has 2 unspecified atom stereocenters. The first-order chi connectivity index (χ1) is 15.6. The molecule has 3 rings (SSSR count). The molecule has 0 radical (unpaired) electrons. The summed E-state index contributed by atoms with van der Waals surface area (Å²) in [5.41, 5.74) is 1.71. The molecule has 0 spiro atoms. The molecule has 0 saturated carbocycles. The van der Waals surface area contributed by atoms with Gasteiger partial charge in [0, 0.05) is 55.9 Å². The number of carbonyl (C=O) groups excluding carboxylic acids is 3. The predicted octanol–water partition coefficient (Wildman–Crippen LogP) is 3.04. The summed E-state index contributed by atoms with van der Waals surface area (Å²) in [5.74, 6) is -0.376. The molecule has 1 saturated heterocycles. The normalized spacial score (nSPS) is 22.0. The third-order valence-corrected chi connectivity index (χ3v) is 6.35. The maximum Gasteiger partial charge on any atom is 0.338 e. The molecule has 1 aromatic carbocycles. The quantitative estimate of drug-likeness (QED) is 0.638. The Hall–Kier alpha value is -2.58. The Morgan fingerprint density at radius 1 is 1.27 bits per heavy atom. The van der Waals surface area contributed by atoms with E-state index >= 15 is 0 Å².